The molecule has 1 aliphatic heterocycles. The van der Waals surface area contributed by atoms with Crippen molar-refractivity contribution in [3.05, 3.63) is 53.9 Å². The standard InChI is InChI=1S/C22H30N2/c1-17(2)18-5-7-19(8-6-18)20-9-10-21(23-15-20)16-24-13-11-22(3,4)12-14-24/h5-10,15,17H,11-14,16H2,1-4H3. The monoisotopic (exact) mass is 322 g/mol. The van der Waals surface area contributed by atoms with Crippen LogP contribution in [0.5, 0.6) is 0 Å². The van der Waals surface area contributed by atoms with Gasteiger partial charge in [0, 0.05) is 18.3 Å². The Morgan fingerprint density at radius 3 is 2.12 bits per heavy atom. The zero-order valence-electron chi connectivity index (χ0n) is 15.5. The lowest BCUT2D eigenvalue weighted by atomic mass is 9.83. The number of nitrogens with zero attached hydrogens (tertiary/aromatic N) is 2. The molecule has 0 radical (unpaired) electrons. The number of hydrogen-bond acceptors (Lipinski definition) is 2. The molecule has 1 aromatic heterocycles. The molecule has 0 aliphatic carbocycles. The molecule has 2 nitrogen and oxygen atoms in total. The first-order chi connectivity index (χ1) is 11.4. The normalized spacial score (nSPS) is 18.0. The fourth-order valence-corrected chi connectivity index (χ4v) is 3.29. The van der Waals surface area contributed by atoms with Crippen LogP contribution in [0.4, 0.5) is 0 Å². The highest BCUT2D eigenvalue weighted by Crippen LogP contribution is 2.30. The van der Waals surface area contributed by atoms with Crippen molar-refractivity contribution in [2.24, 2.45) is 5.41 Å². The summed E-state index contributed by atoms with van der Waals surface area (Å²) in [6.07, 6.45) is 4.59. The summed E-state index contributed by atoms with van der Waals surface area (Å²) in [6.45, 7) is 12.6. The number of hydrogen-bond donors (Lipinski definition) is 0. The van der Waals surface area contributed by atoms with Crippen LogP contribution in [0.25, 0.3) is 11.1 Å². The van der Waals surface area contributed by atoms with Crippen LogP contribution in [0.3, 0.4) is 0 Å². The smallest absolute Gasteiger partial charge is 0.0544 e. The summed E-state index contributed by atoms with van der Waals surface area (Å²) in [7, 11) is 0. The first-order valence-electron chi connectivity index (χ1n) is 9.21. The van der Waals surface area contributed by atoms with Crippen LogP contribution in [0.2, 0.25) is 0 Å². The zero-order chi connectivity index (χ0) is 17.2. The lowest BCUT2D eigenvalue weighted by Gasteiger charge is -2.36. The molecule has 0 N–H and O–H groups in total. The molecule has 2 aromatic rings. The van der Waals surface area contributed by atoms with E-state index in [1.165, 1.54) is 48.3 Å². The van der Waals surface area contributed by atoms with Crippen molar-refractivity contribution in [1.82, 2.24) is 9.88 Å². The van der Waals surface area contributed by atoms with E-state index in [-0.39, 0.29) is 0 Å². The lowest BCUT2D eigenvalue weighted by molar-refractivity contribution is 0.126. The maximum atomic E-state index is 4.70. The Bertz CT molecular complexity index is 643. The Morgan fingerprint density at radius 1 is 0.958 bits per heavy atom. The van der Waals surface area contributed by atoms with E-state index in [0.717, 1.165) is 6.54 Å². The first-order valence-corrected chi connectivity index (χ1v) is 9.21. The maximum Gasteiger partial charge on any atom is 0.0544 e. The van der Waals surface area contributed by atoms with Gasteiger partial charge in [0.05, 0.1) is 5.69 Å². The minimum atomic E-state index is 0.510. The molecular weight excluding hydrogens is 292 g/mol. The van der Waals surface area contributed by atoms with Crippen LogP contribution in [0.1, 0.15) is 57.7 Å². The largest absolute Gasteiger partial charge is 0.297 e. The van der Waals surface area contributed by atoms with Gasteiger partial charge >= 0.3 is 0 Å². The maximum absolute atomic E-state index is 4.70. The van der Waals surface area contributed by atoms with Crippen molar-refractivity contribution in [3.63, 3.8) is 0 Å². The third-order valence-electron chi connectivity index (χ3n) is 5.33. The molecule has 24 heavy (non-hydrogen) atoms. The number of pyridine rings is 1. The number of aromatic nitrogens is 1. The average molecular weight is 322 g/mol. The van der Waals surface area contributed by atoms with E-state index < -0.39 is 0 Å². The van der Waals surface area contributed by atoms with E-state index in [1.54, 1.807) is 0 Å². The van der Waals surface area contributed by atoms with Crippen molar-refractivity contribution in [3.8, 4) is 11.1 Å². The summed E-state index contributed by atoms with van der Waals surface area (Å²) < 4.78 is 0. The van der Waals surface area contributed by atoms with Gasteiger partial charge in [0.25, 0.3) is 0 Å². The molecule has 128 valence electrons. The predicted octanol–water partition coefficient (Wildman–Crippen LogP) is 5.49. The molecule has 0 saturated carbocycles. The van der Waals surface area contributed by atoms with Crippen LogP contribution >= 0.6 is 0 Å². The number of rotatable bonds is 4. The highest BCUT2D eigenvalue weighted by molar-refractivity contribution is 5.62. The van der Waals surface area contributed by atoms with E-state index >= 15 is 0 Å². The Balaban J connectivity index is 1.63. The number of piperidine rings is 1. The first kappa shape index (κ1) is 17.2. The van der Waals surface area contributed by atoms with Crippen molar-refractivity contribution < 1.29 is 0 Å². The minimum absolute atomic E-state index is 0.510. The molecule has 1 fully saturated rings. The van der Waals surface area contributed by atoms with Gasteiger partial charge in [-0.25, -0.2) is 0 Å². The summed E-state index contributed by atoms with van der Waals surface area (Å²) in [5.74, 6) is 0.578. The zero-order valence-corrected chi connectivity index (χ0v) is 15.5. The van der Waals surface area contributed by atoms with Gasteiger partial charge < -0.3 is 0 Å². The van der Waals surface area contributed by atoms with Gasteiger partial charge in [-0.1, -0.05) is 58.0 Å². The van der Waals surface area contributed by atoms with Crippen molar-refractivity contribution >= 4 is 0 Å². The molecule has 0 spiro atoms. The molecule has 0 unspecified atom stereocenters. The third kappa shape index (κ3) is 4.24. The minimum Gasteiger partial charge on any atom is -0.297 e. The van der Waals surface area contributed by atoms with Gasteiger partial charge in [-0.05, 0) is 54.5 Å². The Hall–Kier alpha value is -1.67. The molecule has 2 heteroatoms. The molecule has 0 amide bonds. The Labute approximate surface area is 146 Å². The van der Waals surface area contributed by atoms with Crippen molar-refractivity contribution in [2.45, 2.75) is 53.0 Å². The fraction of sp³-hybridized carbons (Fsp3) is 0.500. The summed E-state index contributed by atoms with van der Waals surface area (Å²) >= 11 is 0. The Morgan fingerprint density at radius 2 is 1.58 bits per heavy atom. The second-order valence-corrected chi connectivity index (χ2v) is 8.26. The average Bonchev–Trinajstić information content (AvgIpc) is 2.58. The predicted molar refractivity (Wildman–Crippen MR) is 102 cm³/mol. The SMILES string of the molecule is CC(C)c1ccc(-c2ccc(CN3CCC(C)(C)CC3)nc2)cc1. The third-order valence-corrected chi connectivity index (χ3v) is 5.33. The summed E-state index contributed by atoms with van der Waals surface area (Å²) in [5.41, 5.74) is 5.52. The van der Waals surface area contributed by atoms with E-state index in [2.05, 4.69) is 69.0 Å². The summed E-state index contributed by atoms with van der Waals surface area (Å²) in [6, 6.07) is 13.3. The Kier molecular flexibility index (Phi) is 5.05. The fourth-order valence-electron chi connectivity index (χ4n) is 3.29. The van der Waals surface area contributed by atoms with Gasteiger partial charge in [-0.2, -0.15) is 0 Å². The lowest BCUT2D eigenvalue weighted by Crippen LogP contribution is -2.36. The van der Waals surface area contributed by atoms with Crippen molar-refractivity contribution in [2.75, 3.05) is 13.1 Å². The van der Waals surface area contributed by atoms with Gasteiger partial charge in [0.2, 0.25) is 0 Å². The highest BCUT2D eigenvalue weighted by atomic mass is 15.1. The van der Waals surface area contributed by atoms with Crippen LogP contribution in [0.15, 0.2) is 42.6 Å². The highest BCUT2D eigenvalue weighted by Gasteiger charge is 2.25. The van der Waals surface area contributed by atoms with E-state index in [9.17, 15) is 0 Å². The van der Waals surface area contributed by atoms with Gasteiger partial charge in [0.15, 0.2) is 0 Å². The second-order valence-electron chi connectivity index (χ2n) is 8.26. The molecule has 0 atom stereocenters. The molecule has 0 bridgehead atoms. The summed E-state index contributed by atoms with van der Waals surface area (Å²) in [4.78, 5) is 7.23. The second kappa shape index (κ2) is 7.06. The molecule has 1 aromatic carbocycles. The number of benzene rings is 1. The van der Waals surface area contributed by atoms with Crippen LogP contribution < -0.4 is 0 Å². The van der Waals surface area contributed by atoms with Gasteiger partial charge in [-0.15, -0.1) is 0 Å². The topological polar surface area (TPSA) is 16.1 Å². The van der Waals surface area contributed by atoms with Crippen LogP contribution in [-0.4, -0.2) is 23.0 Å². The molecule has 1 aliphatic rings. The van der Waals surface area contributed by atoms with Gasteiger partial charge in [0.1, 0.15) is 0 Å². The van der Waals surface area contributed by atoms with E-state index in [1.807, 2.05) is 6.20 Å². The molecule has 1 saturated heterocycles. The molecular formula is C22H30N2. The molecule has 2 heterocycles. The van der Waals surface area contributed by atoms with Gasteiger partial charge in [-0.3, -0.25) is 9.88 Å². The molecule has 3 rings (SSSR count). The van der Waals surface area contributed by atoms with E-state index in [0.29, 0.717) is 11.3 Å². The van der Waals surface area contributed by atoms with Crippen molar-refractivity contribution in [1.29, 1.82) is 0 Å². The van der Waals surface area contributed by atoms with E-state index in [4.69, 9.17) is 4.98 Å². The van der Waals surface area contributed by atoms with Crippen LogP contribution in [-0.2, 0) is 6.54 Å². The summed E-state index contributed by atoms with van der Waals surface area (Å²) in [5, 5.41) is 0. The van der Waals surface area contributed by atoms with Crippen LogP contribution in [0, 0.1) is 5.41 Å². The number of likely N-dealkylation sites (tertiary alicyclic amines) is 1. The quantitative estimate of drug-likeness (QED) is 0.739.